The summed E-state index contributed by atoms with van der Waals surface area (Å²) in [5.74, 6) is 1.36. The fraction of sp³-hybridized carbons (Fsp3) is 1.00. The Bertz CT molecular complexity index is 179. The van der Waals surface area contributed by atoms with Gasteiger partial charge in [0.2, 0.25) is 0 Å². The Hall–Kier alpha value is 0.527. The molecule has 16 heavy (non-hydrogen) atoms. The van der Waals surface area contributed by atoms with Crippen LogP contribution in [0.25, 0.3) is 0 Å². The third kappa shape index (κ3) is 6.31. The average molecular weight is 261 g/mol. The summed E-state index contributed by atoms with van der Waals surface area (Å²) in [5, 5.41) is 0.977. The van der Waals surface area contributed by atoms with E-state index in [2.05, 4.69) is 31.8 Å². The van der Waals surface area contributed by atoms with Gasteiger partial charge < -0.3 is 4.43 Å². The molecule has 0 N–H and O–H groups in total. The normalized spacial score (nSPS) is 18.9. The van der Waals surface area contributed by atoms with Gasteiger partial charge in [0.1, 0.15) is 0 Å². The van der Waals surface area contributed by atoms with Gasteiger partial charge in [0.15, 0.2) is 8.32 Å². The predicted octanol–water partition coefficient (Wildman–Crippen LogP) is 4.68. The second-order valence-electron chi connectivity index (χ2n) is 5.43. The van der Waals surface area contributed by atoms with E-state index in [0.717, 1.165) is 11.9 Å². The standard InChI is InChI=1S/C13H28OSSi/c1-4-14-16(2,3)12-8-11-15-13-9-6-5-7-10-13/h13H,4-12H2,1-3H3. The van der Waals surface area contributed by atoms with Crippen molar-refractivity contribution < 1.29 is 4.43 Å². The Morgan fingerprint density at radius 2 is 1.88 bits per heavy atom. The number of thioether (sulfide) groups is 1. The second-order valence-corrected chi connectivity index (χ2v) is 11.1. The number of hydrogen-bond donors (Lipinski definition) is 0. The SMILES string of the molecule is CCO[Si](C)(C)CCCSC1CCCCC1. The van der Waals surface area contributed by atoms with Crippen LogP contribution < -0.4 is 0 Å². The second kappa shape index (κ2) is 7.78. The van der Waals surface area contributed by atoms with Gasteiger partial charge in [-0.15, -0.1) is 0 Å². The molecule has 0 radical (unpaired) electrons. The summed E-state index contributed by atoms with van der Waals surface area (Å²) in [4.78, 5) is 0. The summed E-state index contributed by atoms with van der Waals surface area (Å²) in [6.45, 7) is 7.71. The van der Waals surface area contributed by atoms with E-state index in [-0.39, 0.29) is 0 Å². The Morgan fingerprint density at radius 1 is 1.19 bits per heavy atom. The predicted molar refractivity (Wildman–Crippen MR) is 77.9 cm³/mol. The molecule has 1 aliphatic carbocycles. The van der Waals surface area contributed by atoms with Crippen LogP contribution in [0.15, 0.2) is 0 Å². The zero-order chi connectivity index (χ0) is 11.9. The highest BCUT2D eigenvalue weighted by Gasteiger charge is 2.21. The molecule has 0 aromatic rings. The quantitative estimate of drug-likeness (QED) is 0.485. The number of rotatable bonds is 7. The van der Waals surface area contributed by atoms with Gasteiger partial charge in [0, 0.05) is 11.9 Å². The first-order valence-electron chi connectivity index (χ1n) is 6.89. The average Bonchev–Trinajstić information content (AvgIpc) is 2.26. The lowest BCUT2D eigenvalue weighted by molar-refractivity contribution is 0.328. The monoisotopic (exact) mass is 260 g/mol. The minimum atomic E-state index is -1.30. The summed E-state index contributed by atoms with van der Waals surface area (Å²) >= 11 is 2.22. The molecule has 1 rings (SSSR count). The van der Waals surface area contributed by atoms with Crippen molar-refractivity contribution in [3.8, 4) is 0 Å². The minimum absolute atomic E-state index is 0.898. The van der Waals surface area contributed by atoms with Crippen LogP contribution in [0.4, 0.5) is 0 Å². The van der Waals surface area contributed by atoms with Gasteiger partial charge in [-0.25, -0.2) is 0 Å². The molecule has 1 nitrogen and oxygen atoms in total. The Morgan fingerprint density at radius 3 is 2.50 bits per heavy atom. The minimum Gasteiger partial charge on any atom is -0.418 e. The van der Waals surface area contributed by atoms with Crippen molar-refractivity contribution in [3.05, 3.63) is 0 Å². The lowest BCUT2D eigenvalue weighted by Crippen LogP contribution is -2.30. The molecule has 0 saturated heterocycles. The third-order valence-corrected chi connectivity index (χ3v) is 7.46. The summed E-state index contributed by atoms with van der Waals surface area (Å²) in [6, 6.07) is 1.33. The molecule has 1 fully saturated rings. The molecular weight excluding hydrogens is 232 g/mol. The summed E-state index contributed by atoms with van der Waals surface area (Å²) in [7, 11) is -1.30. The molecule has 0 aromatic heterocycles. The van der Waals surface area contributed by atoms with E-state index in [0.29, 0.717) is 0 Å². The van der Waals surface area contributed by atoms with E-state index in [9.17, 15) is 0 Å². The maximum Gasteiger partial charge on any atom is 0.186 e. The van der Waals surface area contributed by atoms with Crippen LogP contribution in [0.1, 0.15) is 45.4 Å². The molecule has 1 saturated carbocycles. The maximum absolute atomic E-state index is 5.85. The van der Waals surface area contributed by atoms with Crippen LogP contribution in [0, 0.1) is 0 Å². The van der Waals surface area contributed by atoms with Gasteiger partial charge in [-0.2, -0.15) is 11.8 Å². The van der Waals surface area contributed by atoms with E-state index >= 15 is 0 Å². The molecule has 1 aliphatic rings. The van der Waals surface area contributed by atoms with Gasteiger partial charge in [0.25, 0.3) is 0 Å². The topological polar surface area (TPSA) is 9.23 Å². The van der Waals surface area contributed by atoms with Gasteiger partial charge in [-0.05, 0) is 51.1 Å². The molecule has 0 atom stereocenters. The highest BCUT2D eigenvalue weighted by molar-refractivity contribution is 7.99. The Kier molecular flexibility index (Phi) is 7.09. The largest absolute Gasteiger partial charge is 0.418 e. The van der Waals surface area contributed by atoms with E-state index in [1.54, 1.807) is 0 Å². The van der Waals surface area contributed by atoms with E-state index in [1.807, 2.05) is 0 Å². The van der Waals surface area contributed by atoms with E-state index < -0.39 is 8.32 Å². The molecule has 0 aliphatic heterocycles. The molecule has 0 spiro atoms. The van der Waals surface area contributed by atoms with Crippen molar-refractivity contribution in [1.29, 1.82) is 0 Å². The van der Waals surface area contributed by atoms with Gasteiger partial charge in [-0.3, -0.25) is 0 Å². The van der Waals surface area contributed by atoms with Crippen LogP contribution in [0.2, 0.25) is 19.1 Å². The van der Waals surface area contributed by atoms with Crippen molar-refractivity contribution >= 4 is 20.1 Å². The van der Waals surface area contributed by atoms with Crippen LogP contribution in [-0.2, 0) is 4.43 Å². The van der Waals surface area contributed by atoms with Gasteiger partial charge in [-0.1, -0.05) is 19.3 Å². The number of hydrogen-bond acceptors (Lipinski definition) is 2. The molecule has 3 heteroatoms. The van der Waals surface area contributed by atoms with E-state index in [4.69, 9.17) is 4.43 Å². The first kappa shape index (κ1) is 14.6. The first-order chi connectivity index (χ1) is 7.64. The van der Waals surface area contributed by atoms with Crippen molar-refractivity contribution in [3.63, 3.8) is 0 Å². The van der Waals surface area contributed by atoms with Crippen molar-refractivity contribution in [1.82, 2.24) is 0 Å². The maximum atomic E-state index is 5.85. The van der Waals surface area contributed by atoms with Gasteiger partial charge in [0.05, 0.1) is 0 Å². The molecule has 0 heterocycles. The molecule has 0 bridgehead atoms. The molecule has 96 valence electrons. The fourth-order valence-corrected chi connectivity index (χ4v) is 5.96. The van der Waals surface area contributed by atoms with Gasteiger partial charge >= 0.3 is 0 Å². The fourth-order valence-electron chi connectivity index (χ4n) is 2.44. The zero-order valence-corrected chi connectivity index (χ0v) is 13.1. The Balaban J connectivity index is 2.02. The van der Waals surface area contributed by atoms with E-state index in [1.165, 1.54) is 50.3 Å². The molecular formula is C13H28OSSi. The zero-order valence-electron chi connectivity index (χ0n) is 11.3. The van der Waals surface area contributed by atoms with Crippen LogP contribution in [0.3, 0.4) is 0 Å². The lowest BCUT2D eigenvalue weighted by Gasteiger charge is -2.23. The summed E-state index contributed by atoms with van der Waals surface area (Å²) in [5.41, 5.74) is 0. The summed E-state index contributed by atoms with van der Waals surface area (Å²) in [6.07, 6.45) is 8.71. The van der Waals surface area contributed by atoms with Crippen LogP contribution in [-0.4, -0.2) is 25.9 Å². The summed E-state index contributed by atoms with van der Waals surface area (Å²) < 4.78 is 5.85. The van der Waals surface area contributed by atoms with Crippen LogP contribution >= 0.6 is 11.8 Å². The van der Waals surface area contributed by atoms with Crippen molar-refractivity contribution in [2.75, 3.05) is 12.4 Å². The van der Waals surface area contributed by atoms with Crippen LogP contribution in [0.5, 0.6) is 0 Å². The first-order valence-corrected chi connectivity index (χ1v) is 11.1. The molecule has 0 amide bonds. The molecule has 0 aromatic carbocycles. The van der Waals surface area contributed by atoms with Crippen molar-refractivity contribution in [2.45, 2.75) is 69.8 Å². The van der Waals surface area contributed by atoms with Crippen molar-refractivity contribution in [2.24, 2.45) is 0 Å². The highest BCUT2D eigenvalue weighted by Crippen LogP contribution is 2.29. The highest BCUT2D eigenvalue weighted by atomic mass is 32.2. The smallest absolute Gasteiger partial charge is 0.186 e. The molecule has 0 unspecified atom stereocenters. The lowest BCUT2D eigenvalue weighted by atomic mass is 10.0. The Labute approximate surface area is 107 Å². The third-order valence-electron chi connectivity index (χ3n) is 3.36.